The van der Waals surface area contributed by atoms with Gasteiger partial charge in [-0.25, -0.2) is 0 Å². The summed E-state index contributed by atoms with van der Waals surface area (Å²) >= 11 is 2.29. The Morgan fingerprint density at radius 2 is 2.00 bits per heavy atom. The van der Waals surface area contributed by atoms with E-state index in [0.717, 1.165) is 25.7 Å². The number of piperidine rings is 1. The summed E-state index contributed by atoms with van der Waals surface area (Å²) in [6.45, 7) is 0. The molecule has 2 heterocycles. The maximum absolute atomic E-state index is 11.7. The van der Waals surface area contributed by atoms with Crippen LogP contribution in [0.5, 0.6) is 0 Å². The van der Waals surface area contributed by atoms with Gasteiger partial charge in [-0.2, -0.15) is 0 Å². The van der Waals surface area contributed by atoms with E-state index in [1.54, 1.807) is 0 Å². The van der Waals surface area contributed by atoms with Gasteiger partial charge in [0.05, 0.1) is 11.5 Å². The van der Waals surface area contributed by atoms with Crippen LogP contribution in [0.15, 0.2) is 24.3 Å². The lowest BCUT2D eigenvalue weighted by molar-refractivity contribution is -0.150. The monoisotopic (exact) mass is 371 g/mol. The molecule has 1 aromatic carbocycles. The van der Waals surface area contributed by atoms with E-state index in [4.69, 9.17) is 0 Å². The minimum absolute atomic E-state index is 0.281. The zero-order valence-electron chi connectivity index (χ0n) is 11.0. The average molecular weight is 371 g/mol. The van der Waals surface area contributed by atoms with Gasteiger partial charge in [0.2, 0.25) is 0 Å². The summed E-state index contributed by atoms with van der Waals surface area (Å²) in [6, 6.07) is 8.94. The van der Waals surface area contributed by atoms with Crippen molar-refractivity contribution in [3.8, 4) is 0 Å². The van der Waals surface area contributed by atoms with E-state index in [1.807, 2.05) is 0 Å². The van der Waals surface area contributed by atoms with E-state index in [-0.39, 0.29) is 11.5 Å². The van der Waals surface area contributed by atoms with E-state index in [9.17, 15) is 9.90 Å². The van der Waals surface area contributed by atoms with Gasteiger partial charge in [-0.15, -0.1) is 0 Å². The molecule has 2 aliphatic heterocycles. The molecule has 0 aromatic heterocycles. The molecule has 3 atom stereocenters. The normalized spacial score (nSPS) is 34.4. The Balaban J connectivity index is 2.10. The highest BCUT2D eigenvalue weighted by Gasteiger charge is 2.56. The number of hydrogen-bond donors (Lipinski definition) is 1. The van der Waals surface area contributed by atoms with Crippen molar-refractivity contribution < 1.29 is 9.90 Å². The van der Waals surface area contributed by atoms with Gasteiger partial charge in [0, 0.05) is 9.61 Å². The second kappa shape index (κ2) is 4.74. The van der Waals surface area contributed by atoms with Crippen LogP contribution in [0.2, 0.25) is 0 Å². The highest BCUT2D eigenvalue weighted by Crippen LogP contribution is 2.52. The molecule has 102 valence electrons. The number of carboxylic acid groups (broad SMARTS) is 1. The smallest absolute Gasteiger partial charge is 0.308 e. The molecule has 0 saturated carbocycles. The molecular formula is C15H18INO2. The zero-order valence-corrected chi connectivity index (χ0v) is 13.1. The Morgan fingerprint density at radius 3 is 2.63 bits per heavy atom. The minimum Gasteiger partial charge on any atom is -0.481 e. The maximum atomic E-state index is 11.7. The first-order valence-corrected chi connectivity index (χ1v) is 7.85. The molecule has 0 unspecified atom stereocenters. The molecule has 0 amide bonds. The molecular weight excluding hydrogens is 353 g/mol. The zero-order chi connectivity index (χ0) is 13.6. The van der Waals surface area contributed by atoms with Gasteiger partial charge in [-0.1, -0.05) is 12.1 Å². The predicted molar refractivity (Wildman–Crippen MR) is 82.0 cm³/mol. The van der Waals surface area contributed by atoms with Gasteiger partial charge in [0.15, 0.2) is 0 Å². The minimum atomic E-state index is -0.647. The third kappa shape index (κ3) is 1.91. The standard InChI is InChI=1S/C15H18INO2/c1-17-12-6-7-13(14(18)19)15(17,9-8-12)10-2-4-11(16)5-3-10/h2-5,12-13H,6-9H2,1H3,(H,18,19)/t12-,13-,15+/m1/s1. The molecule has 2 fully saturated rings. The van der Waals surface area contributed by atoms with Crippen LogP contribution >= 0.6 is 22.6 Å². The lowest BCUT2D eigenvalue weighted by Crippen LogP contribution is -2.53. The number of hydrogen-bond acceptors (Lipinski definition) is 2. The first-order valence-electron chi connectivity index (χ1n) is 6.77. The summed E-state index contributed by atoms with van der Waals surface area (Å²) in [5.41, 5.74) is 0.879. The fourth-order valence-electron chi connectivity index (χ4n) is 4.05. The molecule has 0 aliphatic carbocycles. The van der Waals surface area contributed by atoms with Crippen molar-refractivity contribution in [3.63, 3.8) is 0 Å². The predicted octanol–water partition coefficient (Wildman–Crippen LogP) is 3.08. The van der Waals surface area contributed by atoms with E-state index < -0.39 is 5.97 Å². The van der Waals surface area contributed by atoms with Gasteiger partial charge < -0.3 is 5.11 Å². The number of benzene rings is 1. The Kier molecular flexibility index (Phi) is 3.33. The summed E-state index contributed by atoms with van der Waals surface area (Å²) in [5, 5.41) is 9.63. The van der Waals surface area contributed by atoms with Crippen molar-refractivity contribution in [3.05, 3.63) is 33.4 Å². The van der Waals surface area contributed by atoms with Crippen LogP contribution in [-0.2, 0) is 10.3 Å². The molecule has 3 rings (SSSR count). The van der Waals surface area contributed by atoms with Gasteiger partial charge in [0.1, 0.15) is 0 Å². The Bertz CT molecular complexity index is 501. The summed E-state index contributed by atoms with van der Waals surface area (Å²) < 4.78 is 1.19. The highest BCUT2D eigenvalue weighted by atomic mass is 127. The maximum Gasteiger partial charge on any atom is 0.308 e. The van der Waals surface area contributed by atoms with E-state index in [0.29, 0.717) is 6.04 Å². The number of nitrogens with zero attached hydrogens (tertiary/aromatic N) is 1. The SMILES string of the molecule is CN1[C@@H]2CC[C@H](C(=O)O)[C@@]1(c1ccc(I)cc1)CC2. The number of carboxylic acids is 1. The topological polar surface area (TPSA) is 40.5 Å². The van der Waals surface area contributed by atoms with E-state index >= 15 is 0 Å². The molecule has 1 N–H and O–H groups in total. The summed E-state index contributed by atoms with van der Waals surface area (Å²) in [4.78, 5) is 14.0. The molecule has 1 aromatic rings. The molecule has 3 nitrogen and oxygen atoms in total. The van der Waals surface area contributed by atoms with Crippen molar-refractivity contribution in [2.75, 3.05) is 7.05 Å². The summed E-state index contributed by atoms with van der Waals surface area (Å²) in [5.74, 6) is -0.929. The Labute approximate surface area is 127 Å². The highest BCUT2D eigenvalue weighted by molar-refractivity contribution is 14.1. The lowest BCUT2D eigenvalue weighted by Gasteiger charge is -2.47. The number of halogens is 1. The third-order valence-electron chi connectivity index (χ3n) is 5.04. The van der Waals surface area contributed by atoms with Crippen LogP contribution in [-0.4, -0.2) is 29.1 Å². The third-order valence-corrected chi connectivity index (χ3v) is 5.76. The number of fused-ring (bicyclic) bond motifs is 2. The van der Waals surface area contributed by atoms with Crippen molar-refractivity contribution in [2.24, 2.45) is 5.92 Å². The van der Waals surface area contributed by atoms with Gasteiger partial charge in [0.25, 0.3) is 0 Å². The van der Waals surface area contributed by atoms with Crippen molar-refractivity contribution in [1.82, 2.24) is 4.90 Å². The quantitative estimate of drug-likeness (QED) is 0.813. The molecule has 0 spiro atoms. The molecule has 2 aliphatic rings. The Morgan fingerprint density at radius 1 is 1.32 bits per heavy atom. The number of carbonyl (C=O) groups is 1. The van der Waals surface area contributed by atoms with Crippen LogP contribution in [0.25, 0.3) is 0 Å². The second-order valence-corrected chi connectivity index (χ2v) is 6.95. The summed E-state index contributed by atoms with van der Waals surface area (Å²) in [6.07, 6.45) is 3.90. The van der Waals surface area contributed by atoms with Crippen LogP contribution in [0.4, 0.5) is 0 Å². The fraction of sp³-hybridized carbons (Fsp3) is 0.533. The molecule has 2 saturated heterocycles. The average Bonchev–Trinajstić information content (AvgIpc) is 2.61. The van der Waals surface area contributed by atoms with Crippen molar-refractivity contribution in [1.29, 1.82) is 0 Å². The number of aliphatic carboxylic acids is 1. The van der Waals surface area contributed by atoms with Crippen LogP contribution in [0.1, 0.15) is 31.2 Å². The molecule has 2 bridgehead atoms. The molecule has 19 heavy (non-hydrogen) atoms. The molecule has 4 heteroatoms. The van der Waals surface area contributed by atoms with Crippen LogP contribution in [0, 0.1) is 9.49 Å². The van der Waals surface area contributed by atoms with E-state index in [2.05, 4.69) is 58.8 Å². The van der Waals surface area contributed by atoms with E-state index in [1.165, 1.54) is 9.13 Å². The number of rotatable bonds is 2. The molecule has 0 radical (unpaired) electrons. The second-order valence-electron chi connectivity index (χ2n) is 5.70. The van der Waals surface area contributed by atoms with Gasteiger partial charge in [-0.3, -0.25) is 9.69 Å². The Hall–Kier alpha value is -0.620. The van der Waals surface area contributed by atoms with Crippen LogP contribution in [0.3, 0.4) is 0 Å². The first kappa shape index (κ1) is 13.4. The lowest BCUT2D eigenvalue weighted by atomic mass is 9.73. The van der Waals surface area contributed by atoms with Crippen molar-refractivity contribution in [2.45, 2.75) is 37.3 Å². The largest absolute Gasteiger partial charge is 0.481 e. The first-order chi connectivity index (χ1) is 9.05. The van der Waals surface area contributed by atoms with Gasteiger partial charge >= 0.3 is 5.97 Å². The fourth-order valence-corrected chi connectivity index (χ4v) is 4.41. The van der Waals surface area contributed by atoms with Gasteiger partial charge in [-0.05, 0) is 73.0 Å². The van der Waals surface area contributed by atoms with Crippen molar-refractivity contribution >= 4 is 28.6 Å². The summed E-state index contributed by atoms with van der Waals surface area (Å²) in [7, 11) is 2.10. The van der Waals surface area contributed by atoms with Crippen LogP contribution < -0.4 is 0 Å².